The van der Waals surface area contributed by atoms with E-state index < -0.39 is 6.10 Å². The molecule has 2 saturated heterocycles. The zero-order chi connectivity index (χ0) is 20.8. The summed E-state index contributed by atoms with van der Waals surface area (Å²) in [6.45, 7) is 8.81. The molecule has 1 N–H and O–H groups in total. The molecule has 4 aliphatic rings. The van der Waals surface area contributed by atoms with Gasteiger partial charge in [0.1, 0.15) is 6.10 Å². The fourth-order valence-electron chi connectivity index (χ4n) is 6.16. The third-order valence-corrected chi connectivity index (χ3v) is 8.23. The number of hydrogen-bond acceptors (Lipinski definition) is 6. The number of allylic oxidation sites excluding steroid dienone is 1. The van der Waals surface area contributed by atoms with Gasteiger partial charge in [0.15, 0.2) is 0 Å². The normalized spacial score (nSPS) is 40.6. The van der Waals surface area contributed by atoms with Crippen molar-refractivity contribution in [2.45, 2.75) is 65.1 Å². The van der Waals surface area contributed by atoms with E-state index in [0.717, 1.165) is 45.2 Å². The number of hydrogen-bond donors (Lipinski definition) is 1. The van der Waals surface area contributed by atoms with Crippen molar-refractivity contribution in [3.05, 3.63) is 11.6 Å². The maximum absolute atomic E-state index is 12.8. The van der Waals surface area contributed by atoms with Gasteiger partial charge < -0.3 is 19.5 Å². The zero-order valence-electron chi connectivity index (χ0n) is 17.9. The van der Waals surface area contributed by atoms with Crippen LogP contribution in [-0.4, -0.2) is 60.4 Å². The Balaban J connectivity index is 1.44. The van der Waals surface area contributed by atoms with Gasteiger partial charge in [-0.05, 0) is 51.6 Å². The van der Waals surface area contributed by atoms with Gasteiger partial charge in [-0.15, -0.1) is 0 Å². The molecule has 0 radical (unpaired) electrons. The van der Waals surface area contributed by atoms with Crippen LogP contribution in [0.3, 0.4) is 0 Å². The number of fused-ring (bicyclic) bond motifs is 2. The van der Waals surface area contributed by atoms with E-state index in [1.165, 1.54) is 5.57 Å². The van der Waals surface area contributed by atoms with Gasteiger partial charge >= 0.3 is 11.9 Å². The summed E-state index contributed by atoms with van der Waals surface area (Å²) in [4.78, 5) is 27.0. The molecule has 162 valence electrons. The number of rotatable bonds is 4. The first-order valence-electron chi connectivity index (χ1n) is 11.3. The molecule has 6 heteroatoms. The standard InChI is InChI=1S/C23H35NO5/c1-4-28-21(26)15-8-10-24(11-9-15)13-17-19-18(29-22(17)27)12-16-7-5-6-14(2)23(16,3)20(19)25/h7,14-15,17-20,25H,4-6,8-13H2,1-3H3. The lowest BCUT2D eigenvalue weighted by atomic mass is 9.55. The Morgan fingerprint density at radius 2 is 2.07 bits per heavy atom. The largest absolute Gasteiger partial charge is 0.466 e. The van der Waals surface area contributed by atoms with Crippen molar-refractivity contribution in [2.75, 3.05) is 26.2 Å². The first-order chi connectivity index (χ1) is 13.9. The van der Waals surface area contributed by atoms with Crippen LogP contribution in [0.4, 0.5) is 0 Å². The van der Waals surface area contributed by atoms with Gasteiger partial charge in [-0.1, -0.05) is 25.5 Å². The number of aliphatic hydroxyl groups is 1. The average Bonchev–Trinajstić information content (AvgIpc) is 3.00. The maximum Gasteiger partial charge on any atom is 0.311 e. The first kappa shape index (κ1) is 20.9. The zero-order valence-corrected chi connectivity index (χ0v) is 17.9. The minimum Gasteiger partial charge on any atom is -0.466 e. The molecular formula is C23H35NO5. The molecule has 6 atom stereocenters. The van der Waals surface area contributed by atoms with Gasteiger partial charge in [-0.2, -0.15) is 0 Å². The molecule has 2 aliphatic carbocycles. The number of aliphatic hydroxyl groups excluding tert-OH is 1. The van der Waals surface area contributed by atoms with Crippen LogP contribution in [0.15, 0.2) is 11.6 Å². The SMILES string of the molecule is CCOC(=O)C1CCN(CC2C(=O)OC3CC4=CCCC(C)C4(C)C(O)C32)CC1. The van der Waals surface area contributed by atoms with Crippen LogP contribution >= 0.6 is 0 Å². The molecule has 0 bridgehead atoms. The Hall–Kier alpha value is -1.40. The van der Waals surface area contributed by atoms with Crippen LogP contribution in [0.2, 0.25) is 0 Å². The Labute approximate surface area is 173 Å². The monoisotopic (exact) mass is 405 g/mol. The lowest BCUT2D eigenvalue weighted by molar-refractivity contribution is -0.150. The highest BCUT2D eigenvalue weighted by Crippen LogP contribution is 2.56. The molecule has 2 heterocycles. The maximum atomic E-state index is 12.8. The highest BCUT2D eigenvalue weighted by atomic mass is 16.6. The van der Waals surface area contributed by atoms with E-state index in [0.29, 0.717) is 19.1 Å². The molecule has 0 amide bonds. The molecule has 0 spiro atoms. The number of carbonyl (C=O) groups is 2. The van der Waals surface area contributed by atoms with E-state index >= 15 is 0 Å². The summed E-state index contributed by atoms with van der Waals surface area (Å²) in [5.74, 6) is -0.343. The minimum atomic E-state index is -0.559. The lowest BCUT2D eigenvalue weighted by Crippen LogP contribution is -2.55. The quantitative estimate of drug-likeness (QED) is 0.572. The molecule has 3 fully saturated rings. The van der Waals surface area contributed by atoms with Crippen molar-refractivity contribution in [3.63, 3.8) is 0 Å². The summed E-state index contributed by atoms with van der Waals surface area (Å²) >= 11 is 0. The van der Waals surface area contributed by atoms with Crippen LogP contribution in [0.1, 0.15) is 52.9 Å². The summed E-state index contributed by atoms with van der Waals surface area (Å²) in [7, 11) is 0. The Morgan fingerprint density at radius 1 is 1.34 bits per heavy atom. The van der Waals surface area contributed by atoms with Crippen LogP contribution in [0.25, 0.3) is 0 Å². The molecule has 29 heavy (non-hydrogen) atoms. The van der Waals surface area contributed by atoms with Crippen molar-refractivity contribution in [1.82, 2.24) is 4.90 Å². The number of carbonyl (C=O) groups excluding carboxylic acids is 2. The second kappa shape index (κ2) is 8.03. The van der Waals surface area contributed by atoms with Gasteiger partial charge in [0.2, 0.25) is 0 Å². The van der Waals surface area contributed by atoms with Crippen molar-refractivity contribution in [1.29, 1.82) is 0 Å². The second-order valence-corrected chi connectivity index (χ2v) is 9.63. The van der Waals surface area contributed by atoms with E-state index in [2.05, 4.69) is 24.8 Å². The highest BCUT2D eigenvalue weighted by molar-refractivity contribution is 5.76. The van der Waals surface area contributed by atoms with Crippen LogP contribution in [0, 0.1) is 29.1 Å². The Morgan fingerprint density at radius 3 is 2.76 bits per heavy atom. The third kappa shape index (κ3) is 3.52. The highest BCUT2D eigenvalue weighted by Gasteiger charge is 2.59. The lowest BCUT2D eigenvalue weighted by Gasteiger charge is -2.52. The summed E-state index contributed by atoms with van der Waals surface area (Å²) in [6.07, 6.45) is 5.91. The number of piperidine rings is 1. The van der Waals surface area contributed by atoms with Crippen molar-refractivity contribution < 1.29 is 24.2 Å². The summed E-state index contributed by atoms with van der Waals surface area (Å²) in [5, 5.41) is 11.4. The van der Waals surface area contributed by atoms with Crippen molar-refractivity contribution in [3.8, 4) is 0 Å². The second-order valence-electron chi connectivity index (χ2n) is 9.63. The van der Waals surface area contributed by atoms with Crippen molar-refractivity contribution in [2.24, 2.45) is 29.1 Å². The summed E-state index contributed by atoms with van der Waals surface area (Å²) < 4.78 is 10.9. The minimum absolute atomic E-state index is 0.0376. The molecule has 0 aromatic carbocycles. The van der Waals surface area contributed by atoms with Crippen LogP contribution in [0.5, 0.6) is 0 Å². The Bertz CT molecular complexity index is 683. The van der Waals surface area contributed by atoms with E-state index in [-0.39, 0.29) is 41.2 Å². The molecule has 0 aromatic heterocycles. The molecule has 0 aromatic rings. The first-order valence-corrected chi connectivity index (χ1v) is 11.3. The smallest absolute Gasteiger partial charge is 0.311 e. The van der Waals surface area contributed by atoms with Gasteiger partial charge in [0, 0.05) is 24.3 Å². The van der Waals surface area contributed by atoms with Gasteiger partial charge in [0.25, 0.3) is 0 Å². The molecular weight excluding hydrogens is 370 g/mol. The fourth-order valence-corrected chi connectivity index (χ4v) is 6.16. The van der Waals surface area contributed by atoms with E-state index in [4.69, 9.17) is 9.47 Å². The van der Waals surface area contributed by atoms with Gasteiger partial charge in [-0.25, -0.2) is 0 Å². The molecule has 6 unspecified atom stereocenters. The van der Waals surface area contributed by atoms with Gasteiger partial charge in [0.05, 0.1) is 24.5 Å². The average molecular weight is 406 g/mol. The van der Waals surface area contributed by atoms with Gasteiger partial charge in [-0.3, -0.25) is 9.59 Å². The summed E-state index contributed by atoms with van der Waals surface area (Å²) in [6, 6.07) is 0. The fraction of sp³-hybridized carbons (Fsp3) is 0.826. The predicted octanol–water partition coefficient (Wildman–Crippen LogP) is 2.55. The Kier molecular flexibility index (Phi) is 5.77. The van der Waals surface area contributed by atoms with Crippen LogP contribution < -0.4 is 0 Å². The van der Waals surface area contributed by atoms with E-state index in [1.807, 2.05) is 6.92 Å². The van der Waals surface area contributed by atoms with Crippen LogP contribution in [-0.2, 0) is 19.1 Å². The van der Waals surface area contributed by atoms with E-state index in [1.54, 1.807) is 0 Å². The molecule has 2 aliphatic heterocycles. The number of nitrogens with zero attached hydrogens (tertiary/aromatic N) is 1. The molecule has 6 nitrogen and oxygen atoms in total. The molecule has 1 saturated carbocycles. The number of esters is 2. The third-order valence-electron chi connectivity index (χ3n) is 8.23. The predicted molar refractivity (Wildman–Crippen MR) is 108 cm³/mol. The summed E-state index contributed by atoms with van der Waals surface area (Å²) in [5.41, 5.74) is 1.01. The van der Waals surface area contributed by atoms with E-state index in [9.17, 15) is 14.7 Å². The number of likely N-dealkylation sites (tertiary alicyclic amines) is 1. The molecule has 4 rings (SSSR count). The topological polar surface area (TPSA) is 76.1 Å². The van der Waals surface area contributed by atoms with Crippen molar-refractivity contribution >= 4 is 11.9 Å². The number of ether oxygens (including phenoxy) is 2.